The zero-order valence-corrected chi connectivity index (χ0v) is 8.76. The number of aryl methyl sites for hydroxylation is 2. The largest absolute Gasteiger partial charge is 0.423 e. The molecule has 0 bridgehead atoms. The predicted molar refractivity (Wildman–Crippen MR) is 56.4 cm³/mol. The maximum atomic E-state index is 11.2. The number of ether oxygens (including phenoxy) is 1. The van der Waals surface area contributed by atoms with Gasteiger partial charge in [0.15, 0.2) is 0 Å². The van der Waals surface area contributed by atoms with Crippen molar-refractivity contribution < 1.29 is 9.53 Å². The molecule has 0 N–H and O–H groups in total. The number of esters is 1. The molecule has 2 heteroatoms. The summed E-state index contributed by atoms with van der Waals surface area (Å²) in [7, 11) is 0. The van der Waals surface area contributed by atoms with Crippen molar-refractivity contribution in [2.24, 2.45) is 0 Å². The minimum Gasteiger partial charge on any atom is -0.423 e. The van der Waals surface area contributed by atoms with Gasteiger partial charge in [0.2, 0.25) is 0 Å². The van der Waals surface area contributed by atoms with E-state index in [9.17, 15) is 4.79 Å². The highest BCUT2D eigenvalue weighted by Crippen LogP contribution is 2.16. The molecule has 0 aliphatic rings. The van der Waals surface area contributed by atoms with Crippen molar-refractivity contribution in [1.82, 2.24) is 0 Å². The normalized spacial score (nSPS) is 9.64. The van der Waals surface area contributed by atoms with Gasteiger partial charge in [0.05, 0.1) is 0 Å². The predicted octanol–water partition coefficient (Wildman–Crippen LogP) is 2.78. The molecule has 1 rings (SSSR count). The van der Waals surface area contributed by atoms with Gasteiger partial charge < -0.3 is 4.74 Å². The van der Waals surface area contributed by atoms with Crippen molar-refractivity contribution in [3.63, 3.8) is 0 Å². The summed E-state index contributed by atoms with van der Waals surface area (Å²) in [6.07, 6.45) is 0. The molecule has 0 fully saturated rings. The monoisotopic (exact) mass is 190 g/mol. The van der Waals surface area contributed by atoms with Crippen LogP contribution in [0.3, 0.4) is 0 Å². The first-order valence-corrected chi connectivity index (χ1v) is 4.45. The first kappa shape index (κ1) is 10.5. The van der Waals surface area contributed by atoms with E-state index >= 15 is 0 Å². The van der Waals surface area contributed by atoms with Gasteiger partial charge in [-0.15, -0.1) is 0 Å². The van der Waals surface area contributed by atoms with Crippen molar-refractivity contribution >= 4 is 5.97 Å². The molecule has 2 nitrogen and oxygen atoms in total. The molecule has 0 radical (unpaired) electrons. The molecule has 0 aliphatic carbocycles. The number of hydrogen-bond donors (Lipinski definition) is 0. The van der Waals surface area contributed by atoms with Crippen LogP contribution in [0.4, 0.5) is 0 Å². The van der Waals surface area contributed by atoms with Crippen LogP contribution in [0.25, 0.3) is 0 Å². The first-order valence-electron chi connectivity index (χ1n) is 4.45. The lowest BCUT2D eigenvalue weighted by atomic mass is 10.1. The molecule has 0 spiro atoms. The lowest BCUT2D eigenvalue weighted by Gasteiger charge is -2.05. The zero-order chi connectivity index (χ0) is 10.7. The third-order valence-corrected chi connectivity index (χ3v) is 1.75. The highest BCUT2D eigenvalue weighted by atomic mass is 16.5. The molecule has 14 heavy (non-hydrogen) atoms. The quantitative estimate of drug-likeness (QED) is 0.407. The number of hydrogen-bond acceptors (Lipinski definition) is 2. The lowest BCUT2D eigenvalue weighted by molar-refractivity contribution is -0.130. The summed E-state index contributed by atoms with van der Waals surface area (Å²) >= 11 is 0. The summed E-state index contributed by atoms with van der Waals surface area (Å²) in [5.74, 6) is 0.200. The minimum atomic E-state index is -0.380. The fourth-order valence-electron chi connectivity index (χ4n) is 1.19. The zero-order valence-electron chi connectivity index (χ0n) is 8.76. The summed E-state index contributed by atoms with van der Waals surface area (Å²) in [4.78, 5) is 11.2. The summed E-state index contributed by atoms with van der Waals surface area (Å²) in [5.41, 5.74) is 2.56. The maximum absolute atomic E-state index is 11.2. The second-order valence-electron chi connectivity index (χ2n) is 3.49. The van der Waals surface area contributed by atoms with E-state index in [0.29, 0.717) is 11.3 Å². The van der Waals surface area contributed by atoms with Crippen LogP contribution in [0.2, 0.25) is 0 Å². The number of rotatable bonds is 2. The minimum absolute atomic E-state index is 0.380. The van der Waals surface area contributed by atoms with E-state index in [1.165, 1.54) is 0 Å². The standard InChI is InChI=1S/C12H14O2/c1-8(2)12(13)14-11-6-9(3)5-10(4)7-11/h5-7H,1H2,2-4H3. The molecule has 74 valence electrons. The Morgan fingerprint density at radius 3 is 2.14 bits per heavy atom. The van der Waals surface area contributed by atoms with E-state index in [4.69, 9.17) is 4.74 Å². The van der Waals surface area contributed by atoms with Gasteiger partial charge in [-0.2, -0.15) is 0 Å². The molecule has 0 unspecified atom stereocenters. The SMILES string of the molecule is C=C(C)C(=O)Oc1cc(C)cc(C)c1. The molecule has 1 aromatic carbocycles. The Bertz CT molecular complexity index is 358. The average molecular weight is 190 g/mol. The molecule has 0 saturated heterocycles. The van der Waals surface area contributed by atoms with Crippen molar-refractivity contribution in [3.05, 3.63) is 41.5 Å². The van der Waals surface area contributed by atoms with E-state index in [1.54, 1.807) is 6.92 Å². The van der Waals surface area contributed by atoms with Crippen LogP contribution < -0.4 is 4.74 Å². The molecule has 0 amide bonds. The van der Waals surface area contributed by atoms with Gasteiger partial charge in [0, 0.05) is 5.57 Å². The Morgan fingerprint density at radius 2 is 1.71 bits per heavy atom. The molecule has 0 saturated carbocycles. The summed E-state index contributed by atoms with van der Waals surface area (Å²) in [5, 5.41) is 0. The van der Waals surface area contributed by atoms with E-state index in [-0.39, 0.29) is 5.97 Å². The van der Waals surface area contributed by atoms with Crippen LogP contribution in [0.1, 0.15) is 18.1 Å². The van der Waals surface area contributed by atoms with Crippen LogP contribution in [0.15, 0.2) is 30.4 Å². The summed E-state index contributed by atoms with van der Waals surface area (Å²) < 4.78 is 5.10. The Balaban J connectivity index is 2.87. The Morgan fingerprint density at radius 1 is 1.21 bits per heavy atom. The van der Waals surface area contributed by atoms with Crippen molar-refractivity contribution in [2.45, 2.75) is 20.8 Å². The fraction of sp³-hybridized carbons (Fsp3) is 0.250. The molecule has 1 aromatic rings. The van der Waals surface area contributed by atoms with E-state index in [0.717, 1.165) is 11.1 Å². The van der Waals surface area contributed by atoms with Crippen LogP contribution in [0.5, 0.6) is 5.75 Å². The molecule has 0 aliphatic heterocycles. The number of carbonyl (C=O) groups excluding carboxylic acids is 1. The Hall–Kier alpha value is -1.57. The number of carbonyl (C=O) groups is 1. The van der Waals surface area contributed by atoms with Gasteiger partial charge >= 0.3 is 5.97 Å². The van der Waals surface area contributed by atoms with Crippen molar-refractivity contribution in [1.29, 1.82) is 0 Å². The van der Waals surface area contributed by atoms with Gasteiger partial charge in [-0.3, -0.25) is 0 Å². The van der Waals surface area contributed by atoms with E-state index in [1.807, 2.05) is 32.0 Å². The van der Waals surface area contributed by atoms with E-state index in [2.05, 4.69) is 6.58 Å². The van der Waals surface area contributed by atoms with Gasteiger partial charge in [-0.25, -0.2) is 4.79 Å². The van der Waals surface area contributed by atoms with Gasteiger partial charge in [0.25, 0.3) is 0 Å². The Kier molecular flexibility index (Phi) is 3.07. The van der Waals surface area contributed by atoms with Crippen LogP contribution in [-0.4, -0.2) is 5.97 Å². The van der Waals surface area contributed by atoms with Crippen LogP contribution >= 0.6 is 0 Å². The van der Waals surface area contributed by atoms with Crippen LogP contribution in [-0.2, 0) is 4.79 Å². The lowest BCUT2D eigenvalue weighted by Crippen LogP contribution is -2.08. The van der Waals surface area contributed by atoms with Crippen molar-refractivity contribution in [3.8, 4) is 5.75 Å². The third kappa shape index (κ3) is 2.73. The van der Waals surface area contributed by atoms with Crippen LogP contribution in [0, 0.1) is 13.8 Å². The average Bonchev–Trinajstić information content (AvgIpc) is 2.01. The van der Waals surface area contributed by atoms with Gasteiger partial charge in [0.1, 0.15) is 5.75 Å². The summed E-state index contributed by atoms with van der Waals surface area (Å²) in [6, 6.07) is 5.68. The topological polar surface area (TPSA) is 26.3 Å². The van der Waals surface area contributed by atoms with Crippen molar-refractivity contribution in [2.75, 3.05) is 0 Å². The molecular weight excluding hydrogens is 176 g/mol. The van der Waals surface area contributed by atoms with Gasteiger partial charge in [-0.1, -0.05) is 12.6 Å². The smallest absolute Gasteiger partial charge is 0.338 e. The fourth-order valence-corrected chi connectivity index (χ4v) is 1.19. The van der Waals surface area contributed by atoms with Gasteiger partial charge in [-0.05, 0) is 44.0 Å². The molecular formula is C12H14O2. The number of benzene rings is 1. The molecule has 0 heterocycles. The third-order valence-electron chi connectivity index (χ3n) is 1.75. The maximum Gasteiger partial charge on any atom is 0.338 e. The van der Waals surface area contributed by atoms with E-state index < -0.39 is 0 Å². The second-order valence-corrected chi connectivity index (χ2v) is 3.49. The second kappa shape index (κ2) is 4.09. The summed E-state index contributed by atoms with van der Waals surface area (Å²) in [6.45, 7) is 9.08. The highest BCUT2D eigenvalue weighted by Gasteiger charge is 2.05. The highest BCUT2D eigenvalue weighted by molar-refractivity contribution is 5.88. The molecule has 0 atom stereocenters. The first-order chi connectivity index (χ1) is 6.49. The molecule has 0 aromatic heterocycles. The Labute approximate surface area is 84.2 Å².